The highest BCUT2D eigenvalue weighted by molar-refractivity contribution is 6.04. The second-order valence-corrected chi connectivity index (χ2v) is 9.29. The molecule has 0 saturated heterocycles. The van der Waals surface area contributed by atoms with Crippen LogP contribution < -0.4 is 16.4 Å². The molecule has 3 aromatic rings. The first kappa shape index (κ1) is 22.1. The van der Waals surface area contributed by atoms with Crippen molar-refractivity contribution in [2.45, 2.75) is 56.9 Å². The average molecular weight is 460 g/mol. The third kappa shape index (κ3) is 5.11. The van der Waals surface area contributed by atoms with Crippen LogP contribution in [0.15, 0.2) is 53.2 Å². The molecule has 34 heavy (non-hydrogen) atoms. The molecule has 1 atom stereocenters. The minimum absolute atomic E-state index is 0.216. The van der Waals surface area contributed by atoms with E-state index in [4.69, 9.17) is 10.3 Å². The second-order valence-electron chi connectivity index (χ2n) is 9.29. The zero-order valence-electron chi connectivity index (χ0n) is 19.0. The van der Waals surface area contributed by atoms with Gasteiger partial charge in [-0.05, 0) is 55.4 Å². The molecule has 8 heteroatoms. The highest BCUT2D eigenvalue weighted by Gasteiger charge is 2.31. The van der Waals surface area contributed by atoms with Crippen LogP contribution in [-0.2, 0) is 0 Å². The Morgan fingerprint density at radius 1 is 1.00 bits per heavy atom. The maximum atomic E-state index is 13.1. The highest BCUT2D eigenvalue weighted by atomic mass is 16.5. The Morgan fingerprint density at radius 2 is 1.82 bits per heavy atom. The number of pyridine rings is 1. The number of nitrogens with one attached hydrogen (secondary N) is 2. The molecule has 1 unspecified atom stereocenters. The van der Waals surface area contributed by atoms with Gasteiger partial charge in [-0.15, -0.1) is 0 Å². The van der Waals surface area contributed by atoms with E-state index in [0.29, 0.717) is 34.6 Å². The summed E-state index contributed by atoms with van der Waals surface area (Å²) in [6.07, 6.45) is 9.25. The lowest BCUT2D eigenvalue weighted by molar-refractivity contribution is 0.0903. The Hall–Kier alpha value is -3.68. The molecule has 176 valence electrons. The maximum Gasteiger partial charge on any atom is 0.273 e. The minimum atomic E-state index is -0.278. The third-order valence-corrected chi connectivity index (χ3v) is 6.68. The number of benzene rings is 1. The molecule has 4 N–H and O–H groups in total. The fraction of sp³-hybridized carbons (Fsp3) is 0.385. The van der Waals surface area contributed by atoms with E-state index in [1.807, 2.05) is 18.2 Å². The van der Waals surface area contributed by atoms with E-state index in [0.717, 1.165) is 49.8 Å². The fourth-order valence-corrected chi connectivity index (χ4v) is 4.69. The summed E-state index contributed by atoms with van der Waals surface area (Å²) in [5, 5.41) is 9.98. The van der Waals surface area contributed by atoms with Gasteiger partial charge in [0.05, 0.1) is 6.04 Å². The van der Waals surface area contributed by atoms with Crippen molar-refractivity contribution in [3.05, 3.63) is 71.2 Å². The van der Waals surface area contributed by atoms with Crippen LogP contribution in [0, 0.1) is 5.92 Å². The van der Waals surface area contributed by atoms with E-state index >= 15 is 0 Å². The van der Waals surface area contributed by atoms with Crippen molar-refractivity contribution in [3.63, 3.8) is 0 Å². The molecule has 2 saturated carbocycles. The first-order valence-corrected chi connectivity index (χ1v) is 12.0. The number of amides is 2. The lowest BCUT2D eigenvalue weighted by Crippen LogP contribution is -2.34. The number of hydrogen-bond acceptors (Lipinski definition) is 6. The Kier molecular flexibility index (Phi) is 6.29. The number of anilines is 2. The smallest absolute Gasteiger partial charge is 0.273 e. The molecule has 0 radical (unpaired) electrons. The van der Waals surface area contributed by atoms with Crippen LogP contribution in [0.3, 0.4) is 0 Å². The molecular formula is C26H29N5O3. The SMILES string of the molecule is Nc1ccnc(NC(=O)c2cccc(C(NC(=O)c3cc(C4CC4)on3)C3CCCCC3)c2)c1. The second kappa shape index (κ2) is 9.67. The van der Waals surface area contributed by atoms with Crippen molar-refractivity contribution in [3.8, 4) is 0 Å². The Balaban J connectivity index is 1.37. The molecule has 1 aromatic carbocycles. The van der Waals surface area contributed by atoms with Gasteiger partial charge in [0.2, 0.25) is 0 Å². The lowest BCUT2D eigenvalue weighted by Gasteiger charge is -2.31. The summed E-state index contributed by atoms with van der Waals surface area (Å²) < 4.78 is 5.38. The molecular weight excluding hydrogens is 430 g/mol. The molecule has 0 spiro atoms. The van der Waals surface area contributed by atoms with Crippen molar-refractivity contribution in [2.24, 2.45) is 5.92 Å². The number of nitrogens with two attached hydrogens (primary N) is 1. The van der Waals surface area contributed by atoms with Gasteiger partial charge in [0.1, 0.15) is 11.6 Å². The Labute approximate surface area is 198 Å². The number of aromatic nitrogens is 2. The summed E-state index contributed by atoms with van der Waals surface area (Å²) in [6.45, 7) is 0. The van der Waals surface area contributed by atoms with Crippen LogP contribution in [0.2, 0.25) is 0 Å². The number of nitrogens with zero attached hydrogens (tertiary/aromatic N) is 2. The first-order chi connectivity index (χ1) is 16.6. The van der Waals surface area contributed by atoms with Gasteiger partial charge in [0, 0.05) is 35.5 Å². The lowest BCUT2D eigenvalue weighted by atomic mass is 9.80. The normalized spacial score (nSPS) is 17.2. The van der Waals surface area contributed by atoms with Crippen LogP contribution in [0.5, 0.6) is 0 Å². The minimum Gasteiger partial charge on any atom is -0.399 e. The number of carbonyl (C=O) groups is 2. The maximum absolute atomic E-state index is 13.1. The van der Waals surface area contributed by atoms with Gasteiger partial charge in [0.15, 0.2) is 5.69 Å². The molecule has 2 fully saturated rings. The van der Waals surface area contributed by atoms with Crippen molar-refractivity contribution < 1.29 is 14.1 Å². The van der Waals surface area contributed by atoms with Crippen molar-refractivity contribution in [1.29, 1.82) is 0 Å². The molecule has 2 aliphatic rings. The summed E-state index contributed by atoms with van der Waals surface area (Å²) >= 11 is 0. The van der Waals surface area contributed by atoms with E-state index in [1.165, 1.54) is 6.42 Å². The third-order valence-electron chi connectivity index (χ3n) is 6.68. The summed E-state index contributed by atoms with van der Waals surface area (Å²) in [6, 6.07) is 12.2. The molecule has 2 aromatic heterocycles. The zero-order chi connectivity index (χ0) is 23.5. The molecule has 2 aliphatic carbocycles. The van der Waals surface area contributed by atoms with Crippen molar-refractivity contribution >= 4 is 23.3 Å². The van der Waals surface area contributed by atoms with E-state index < -0.39 is 0 Å². The van der Waals surface area contributed by atoms with Gasteiger partial charge < -0.3 is 20.9 Å². The van der Waals surface area contributed by atoms with E-state index in [2.05, 4.69) is 20.8 Å². The molecule has 0 bridgehead atoms. The standard InChI is InChI=1S/C26H29N5O3/c27-20-11-12-28-23(14-20)29-25(32)19-8-4-7-18(13-19)24(17-5-2-1-3-6-17)30-26(33)21-15-22(34-31-21)16-9-10-16/h4,7-8,11-17,24H,1-3,5-6,9-10H2,(H,30,33)(H3,27,28,29,32). The molecule has 5 rings (SSSR count). The Morgan fingerprint density at radius 3 is 2.59 bits per heavy atom. The van der Waals surface area contributed by atoms with Gasteiger partial charge >= 0.3 is 0 Å². The summed E-state index contributed by atoms with van der Waals surface area (Å²) in [7, 11) is 0. The number of hydrogen-bond donors (Lipinski definition) is 3. The van der Waals surface area contributed by atoms with Crippen molar-refractivity contribution in [1.82, 2.24) is 15.5 Å². The topological polar surface area (TPSA) is 123 Å². The van der Waals surface area contributed by atoms with Crippen molar-refractivity contribution in [2.75, 3.05) is 11.1 Å². The number of carbonyl (C=O) groups excluding carboxylic acids is 2. The van der Waals surface area contributed by atoms with Gasteiger partial charge in [-0.3, -0.25) is 9.59 Å². The molecule has 2 heterocycles. The highest BCUT2D eigenvalue weighted by Crippen LogP contribution is 2.40. The summed E-state index contributed by atoms with van der Waals surface area (Å²) in [5.41, 5.74) is 8.02. The predicted octanol–water partition coefficient (Wildman–Crippen LogP) is 4.83. The van der Waals surface area contributed by atoms with Crippen LogP contribution in [0.25, 0.3) is 0 Å². The van der Waals surface area contributed by atoms with E-state index in [9.17, 15) is 9.59 Å². The van der Waals surface area contributed by atoms with E-state index in [1.54, 1.807) is 30.5 Å². The molecule has 0 aliphatic heterocycles. The monoisotopic (exact) mass is 459 g/mol. The average Bonchev–Trinajstić information content (AvgIpc) is 3.59. The number of nitrogen functional groups attached to an aromatic ring is 1. The van der Waals surface area contributed by atoms with Gasteiger partial charge in [0.25, 0.3) is 11.8 Å². The Bertz CT molecular complexity index is 1180. The number of rotatable bonds is 7. The van der Waals surface area contributed by atoms with Gasteiger partial charge in [-0.2, -0.15) is 0 Å². The zero-order valence-corrected chi connectivity index (χ0v) is 19.0. The fourth-order valence-electron chi connectivity index (χ4n) is 4.69. The van der Waals surface area contributed by atoms with Gasteiger partial charge in [-0.25, -0.2) is 4.98 Å². The predicted molar refractivity (Wildman–Crippen MR) is 128 cm³/mol. The van der Waals surface area contributed by atoms with Crippen LogP contribution >= 0.6 is 0 Å². The quantitative estimate of drug-likeness (QED) is 0.465. The molecule has 8 nitrogen and oxygen atoms in total. The largest absolute Gasteiger partial charge is 0.399 e. The van der Waals surface area contributed by atoms with Crippen LogP contribution in [0.1, 0.15) is 89.1 Å². The van der Waals surface area contributed by atoms with E-state index in [-0.39, 0.29) is 17.9 Å². The summed E-state index contributed by atoms with van der Waals surface area (Å²) in [5.74, 6) is 1.34. The molecule has 2 amide bonds. The van der Waals surface area contributed by atoms with Gasteiger partial charge in [-0.1, -0.05) is 36.6 Å². The van der Waals surface area contributed by atoms with Crippen LogP contribution in [0.4, 0.5) is 11.5 Å². The summed E-state index contributed by atoms with van der Waals surface area (Å²) in [4.78, 5) is 30.1. The van der Waals surface area contributed by atoms with Crippen LogP contribution in [-0.4, -0.2) is 22.0 Å². The first-order valence-electron chi connectivity index (χ1n) is 12.0.